The maximum Gasteiger partial charge on any atom is 0.339 e. The van der Waals surface area contributed by atoms with E-state index in [4.69, 9.17) is 14.2 Å². The van der Waals surface area contributed by atoms with Gasteiger partial charge in [0.2, 0.25) is 0 Å². The zero-order valence-electron chi connectivity index (χ0n) is 15.9. The lowest BCUT2D eigenvalue weighted by molar-refractivity contribution is -0.130. The number of rotatable bonds is 8. The monoisotopic (exact) mass is 363 g/mol. The zero-order chi connectivity index (χ0) is 18.9. The van der Waals surface area contributed by atoms with Crippen molar-refractivity contribution in [3.8, 4) is 11.5 Å². The zero-order valence-corrected chi connectivity index (χ0v) is 15.9. The lowest BCUT2D eigenvalue weighted by atomic mass is 9.95. The number of hydrogen-bond acceptors (Lipinski definition) is 5. The Morgan fingerprint density at radius 1 is 1.08 bits per heavy atom. The molecule has 0 unspecified atom stereocenters. The number of benzene rings is 1. The molecule has 0 heterocycles. The van der Waals surface area contributed by atoms with Crippen LogP contribution in [0.5, 0.6) is 11.5 Å². The van der Waals surface area contributed by atoms with Gasteiger partial charge in [0.15, 0.2) is 17.6 Å². The first kappa shape index (κ1) is 20.1. The second-order valence-corrected chi connectivity index (χ2v) is 6.42. The van der Waals surface area contributed by atoms with Gasteiger partial charge in [-0.1, -0.05) is 19.3 Å². The molecule has 1 aromatic carbocycles. The third-order valence-corrected chi connectivity index (χ3v) is 4.38. The third-order valence-electron chi connectivity index (χ3n) is 4.38. The average Bonchev–Trinajstić information content (AvgIpc) is 2.64. The predicted molar refractivity (Wildman–Crippen MR) is 98.7 cm³/mol. The molecule has 144 valence electrons. The van der Waals surface area contributed by atoms with E-state index in [2.05, 4.69) is 5.32 Å². The molecule has 1 amide bonds. The largest absolute Gasteiger partial charge is 0.490 e. The summed E-state index contributed by atoms with van der Waals surface area (Å²) in [6.07, 6.45) is 4.62. The molecular weight excluding hydrogens is 334 g/mol. The summed E-state index contributed by atoms with van der Waals surface area (Å²) in [7, 11) is 0. The number of carbonyl (C=O) groups is 2. The Hall–Kier alpha value is -2.24. The standard InChI is InChI=1S/C20H29NO5/c1-4-24-17-12-11-15(13-18(17)25-5-2)20(23)26-14(3)19(22)21-16-9-7-6-8-10-16/h11-14,16H,4-10H2,1-3H3,(H,21,22)/t14-/m1/s1. The molecule has 0 aromatic heterocycles. The summed E-state index contributed by atoms with van der Waals surface area (Å²) in [5.74, 6) is 0.263. The van der Waals surface area contributed by atoms with E-state index in [1.165, 1.54) is 6.42 Å². The fourth-order valence-electron chi connectivity index (χ4n) is 3.03. The number of esters is 1. The maximum atomic E-state index is 12.4. The summed E-state index contributed by atoms with van der Waals surface area (Å²) in [5.41, 5.74) is 0.328. The Bertz CT molecular complexity index is 610. The Kier molecular flexibility index (Phi) is 7.75. The van der Waals surface area contributed by atoms with Crippen LogP contribution in [0, 0.1) is 0 Å². The van der Waals surface area contributed by atoms with Crippen molar-refractivity contribution < 1.29 is 23.8 Å². The van der Waals surface area contributed by atoms with Crippen LogP contribution in [0.1, 0.15) is 63.2 Å². The number of nitrogens with one attached hydrogen (secondary N) is 1. The predicted octanol–water partition coefficient (Wildman–Crippen LogP) is 3.48. The van der Waals surface area contributed by atoms with Gasteiger partial charge in [-0.05, 0) is 51.8 Å². The molecule has 0 saturated heterocycles. The van der Waals surface area contributed by atoms with Gasteiger partial charge in [-0.3, -0.25) is 4.79 Å². The van der Waals surface area contributed by atoms with Gasteiger partial charge in [0.05, 0.1) is 18.8 Å². The van der Waals surface area contributed by atoms with E-state index in [1.807, 2.05) is 13.8 Å². The molecule has 1 saturated carbocycles. The molecule has 1 N–H and O–H groups in total. The van der Waals surface area contributed by atoms with Crippen molar-refractivity contribution in [1.82, 2.24) is 5.32 Å². The fraction of sp³-hybridized carbons (Fsp3) is 0.600. The van der Waals surface area contributed by atoms with Crippen molar-refractivity contribution >= 4 is 11.9 Å². The smallest absolute Gasteiger partial charge is 0.339 e. The summed E-state index contributed by atoms with van der Waals surface area (Å²) in [6.45, 7) is 6.29. The maximum absolute atomic E-state index is 12.4. The summed E-state index contributed by atoms with van der Waals surface area (Å²) in [5, 5.41) is 2.97. The molecule has 1 aliphatic rings. The Labute approximate surface area is 155 Å². The first-order valence-electron chi connectivity index (χ1n) is 9.46. The van der Waals surface area contributed by atoms with Crippen molar-refractivity contribution in [3.63, 3.8) is 0 Å². The molecule has 1 atom stereocenters. The highest BCUT2D eigenvalue weighted by molar-refractivity contribution is 5.92. The van der Waals surface area contributed by atoms with Crippen LogP contribution >= 0.6 is 0 Å². The minimum Gasteiger partial charge on any atom is -0.490 e. The second-order valence-electron chi connectivity index (χ2n) is 6.42. The van der Waals surface area contributed by atoms with Crippen molar-refractivity contribution in [1.29, 1.82) is 0 Å². The molecule has 0 radical (unpaired) electrons. The van der Waals surface area contributed by atoms with Crippen LogP contribution in [0.25, 0.3) is 0 Å². The highest BCUT2D eigenvalue weighted by Gasteiger charge is 2.23. The van der Waals surface area contributed by atoms with E-state index in [0.717, 1.165) is 25.7 Å². The highest BCUT2D eigenvalue weighted by Crippen LogP contribution is 2.29. The van der Waals surface area contributed by atoms with E-state index in [1.54, 1.807) is 25.1 Å². The summed E-state index contributed by atoms with van der Waals surface area (Å²) in [4.78, 5) is 24.6. The Morgan fingerprint density at radius 3 is 2.38 bits per heavy atom. The molecule has 26 heavy (non-hydrogen) atoms. The van der Waals surface area contributed by atoms with E-state index >= 15 is 0 Å². The van der Waals surface area contributed by atoms with Gasteiger partial charge in [-0.2, -0.15) is 0 Å². The van der Waals surface area contributed by atoms with Gasteiger partial charge in [-0.25, -0.2) is 4.79 Å². The van der Waals surface area contributed by atoms with Crippen molar-refractivity contribution in [2.24, 2.45) is 0 Å². The quantitative estimate of drug-likeness (QED) is 0.716. The van der Waals surface area contributed by atoms with Gasteiger partial charge < -0.3 is 19.5 Å². The Balaban J connectivity index is 1.96. The topological polar surface area (TPSA) is 73.9 Å². The van der Waals surface area contributed by atoms with Gasteiger partial charge in [-0.15, -0.1) is 0 Å². The molecule has 6 heteroatoms. The number of amides is 1. The Morgan fingerprint density at radius 2 is 1.73 bits per heavy atom. The van der Waals surface area contributed by atoms with Gasteiger partial charge in [0.1, 0.15) is 0 Å². The third kappa shape index (κ3) is 5.64. The first-order chi connectivity index (χ1) is 12.5. The lowest BCUT2D eigenvalue weighted by Crippen LogP contribution is -2.42. The van der Waals surface area contributed by atoms with Gasteiger partial charge in [0.25, 0.3) is 5.91 Å². The molecule has 0 spiro atoms. The minimum absolute atomic E-state index is 0.187. The van der Waals surface area contributed by atoms with Crippen LogP contribution in [-0.2, 0) is 9.53 Å². The van der Waals surface area contributed by atoms with Crippen LogP contribution in [0.2, 0.25) is 0 Å². The molecule has 6 nitrogen and oxygen atoms in total. The molecular formula is C20H29NO5. The SMILES string of the molecule is CCOc1ccc(C(=O)O[C@H](C)C(=O)NC2CCCCC2)cc1OCC. The normalized spacial score (nSPS) is 15.8. The van der Waals surface area contributed by atoms with Crippen molar-refractivity contribution in [2.75, 3.05) is 13.2 Å². The van der Waals surface area contributed by atoms with Crippen molar-refractivity contribution in [2.45, 2.75) is 65.0 Å². The van der Waals surface area contributed by atoms with Gasteiger partial charge in [0, 0.05) is 6.04 Å². The molecule has 0 aliphatic heterocycles. The molecule has 0 bridgehead atoms. The molecule has 2 rings (SSSR count). The van der Waals surface area contributed by atoms with E-state index in [-0.39, 0.29) is 11.9 Å². The van der Waals surface area contributed by atoms with Gasteiger partial charge >= 0.3 is 5.97 Å². The lowest BCUT2D eigenvalue weighted by Gasteiger charge is -2.24. The van der Waals surface area contributed by atoms with E-state index in [0.29, 0.717) is 30.3 Å². The molecule has 1 aromatic rings. The van der Waals surface area contributed by atoms with Crippen LogP contribution in [0.3, 0.4) is 0 Å². The second kappa shape index (κ2) is 10.0. The average molecular weight is 363 g/mol. The van der Waals surface area contributed by atoms with E-state index < -0.39 is 12.1 Å². The van der Waals surface area contributed by atoms with Crippen LogP contribution in [0.4, 0.5) is 0 Å². The van der Waals surface area contributed by atoms with Crippen molar-refractivity contribution in [3.05, 3.63) is 23.8 Å². The van der Waals surface area contributed by atoms with Crippen LogP contribution in [-0.4, -0.2) is 37.2 Å². The van der Waals surface area contributed by atoms with Crippen LogP contribution in [0.15, 0.2) is 18.2 Å². The fourth-order valence-corrected chi connectivity index (χ4v) is 3.03. The highest BCUT2D eigenvalue weighted by atomic mass is 16.5. The summed E-state index contributed by atoms with van der Waals surface area (Å²) in [6, 6.07) is 5.06. The minimum atomic E-state index is -0.841. The number of hydrogen-bond donors (Lipinski definition) is 1. The number of ether oxygens (including phenoxy) is 3. The molecule has 1 aliphatic carbocycles. The first-order valence-corrected chi connectivity index (χ1v) is 9.46. The summed E-state index contributed by atoms with van der Waals surface area (Å²) < 4.78 is 16.3. The summed E-state index contributed by atoms with van der Waals surface area (Å²) >= 11 is 0. The molecule has 1 fully saturated rings. The van der Waals surface area contributed by atoms with E-state index in [9.17, 15) is 9.59 Å². The number of carbonyl (C=O) groups excluding carboxylic acids is 2. The van der Waals surface area contributed by atoms with Crippen LogP contribution < -0.4 is 14.8 Å².